The molecular weight excluding hydrogens is 284 g/mol. The van der Waals surface area contributed by atoms with Gasteiger partial charge in [0.2, 0.25) is 5.78 Å². The highest BCUT2D eigenvalue weighted by atomic mass is 32.2. The fourth-order valence-electron chi connectivity index (χ4n) is 2.03. The van der Waals surface area contributed by atoms with Crippen LogP contribution in [0.5, 0.6) is 5.75 Å². The zero-order valence-electron chi connectivity index (χ0n) is 11.5. The molecule has 2 aromatic rings. The number of anilines is 1. The van der Waals surface area contributed by atoms with E-state index in [4.69, 9.17) is 4.74 Å². The van der Waals surface area contributed by atoms with E-state index in [9.17, 15) is 4.79 Å². The number of fused-ring (bicyclic) bond motifs is 1. The van der Waals surface area contributed by atoms with Crippen LogP contribution in [-0.2, 0) is 0 Å². The number of carbonyl (C=O) groups is 1. The van der Waals surface area contributed by atoms with Crippen molar-refractivity contribution in [2.75, 3.05) is 18.3 Å². The summed E-state index contributed by atoms with van der Waals surface area (Å²) in [4.78, 5) is 13.4. The van der Waals surface area contributed by atoms with Gasteiger partial charge in [-0.1, -0.05) is 18.2 Å². The number of hydrazone groups is 1. The molecule has 5 heteroatoms. The van der Waals surface area contributed by atoms with E-state index >= 15 is 0 Å². The molecule has 0 fully saturated rings. The highest BCUT2D eigenvalue weighted by Crippen LogP contribution is 2.32. The lowest BCUT2D eigenvalue weighted by Gasteiger charge is -2.16. The fourth-order valence-corrected chi connectivity index (χ4v) is 3.04. The number of nitrogens with one attached hydrogen (secondary N) is 1. The van der Waals surface area contributed by atoms with Crippen molar-refractivity contribution in [1.82, 2.24) is 0 Å². The average Bonchev–Trinajstić information content (AvgIpc) is 2.55. The van der Waals surface area contributed by atoms with Crippen molar-refractivity contribution in [3.05, 3.63) is 54.1 Å². The maximum atomic E-state index is 12.4. The Balaban J connectivity index is 1.82. The van der Waals surface area contributed by atoms with Gasteiger partial charge in [0, 0.05) is 16.2 Å². The zero-order valence-corrected chi connectivity index (χ0v) is 12.3. The van der Waals surface area contributed by atoms with Crippen molar-refractivity contribution in [3.63, 3.8) is 0 Å². The third-order valence-corrected chi connectivity index (χ3v) is 4.22. The highest BCUT2D eigenvalue weighted by molar-refractivity contribution is 8.00. The number of ether oxygens (including phenoxy) is 1. The number of carbonyl (C=O) groups excluding carboxylic acids is 1. The Morgan fingerprint density at radius 2 is 2.00 bits per heavy atom. The van der Waals surface area contributed by atoms with Gasteiger partial charge in [-0.05, 0) is 30.3 Å². The minimum atomic E-state index is -0.0326. The Hall–Kier alpha value is -2.27. The van der Waals surface area contributed by atoms with Gasteiger partial charge in [0.1, 0.15) is 11.5 Å². The first-order chi connectivity index (χ1) is 10.3. The Labute approximate surface area is 127 Å². The summed E-state index contributed by atoms with van der Waals surface area (Å²) >= 11 is 1.59. The molecule has 3 rings (SSSR count). The van der Waals surface area contributed by atoms with Gasteiger partial charge in [0.25, 0.3) is 0 Å². The van der Waals surface area contributed by atoms with E-state index in [1.54, 1.807) is 31.0 Å². The largest absolute Gasteiger partial charge is 0.497 e. The van der Waals surface area contributed by atoms with Crippen molar-refractivity contribution in [3.8, 4) is 5.75 Å². The first-order valence-electron chi connectivity index (χ1n) is 6.51. The first-order valence-corrected chi connectivity index (χ1v) is 7.49. The average molecular weight is 298 g/mol. The van der Waals surface area contributed by atoms with Crippen molar-refractivity contribution in [2.24, 2.45) is 5.10 Å². The number of nitrogens with zero attached hydrogens (tertiary/aromatic N) is 1. The van der Waals surface area contributed by atoms with Crippen LogP contribution >= 0.6 is 11.8 Å². The third-order valence-electron chi connectivity index (χ3n) is 3.15. The van der Waals surface area contributed by atoms with Crippen LogP contribution in [0.15, 0.2) is 58.5 Å². The van der Waals surface area contributed by atoms with Gasteiger partial charge in [0.05, 0.1) is 12.8 Å². The van der Waals surface area contributed by atoms with Gasteiger partial charge in [-0.25, -0.2) is 0 Å². The maximum Gasteiger partial charge on any atom is 0.210 e. The molecule has 0 amide bonds. The molecule has 0 spiro atoms. The van der Waals surface area contributed by atoms with Crippen molar-refractivity contribution in [2.45, 2.75) is 4.90 Å². The predicted molar refractivity (Wildman–Crippen MR) is 85.5 cm³/mol. The molecule has 0 radical (unpaired) electrons. The summed E-state index contributed by atoms with van der Waals surface area (Å²) in [6.07, 6.45) is 0. The number of hydrogen-bond acceptors (Lipinski definition) is 5. The van der Waals surface area contributed by atoms with Gasteiger partial charge in [-0.15, -0.1) is 11.8 Å². The van der Waals surface area contributed by atoms with Crippen LogP contribution in [0, 0.1) is 0 Å². The maximum absolute atomic E-state index is 12.4. The van der Waals surface area contributed by atoms with Gasteiger partial charge in [-0.3, -0.25) is 10.2 Å². The molecule has 0 unspecified atom stereocenters. The summed E-state index contributed by atoms with van der Waals surface area (Å²) in [5.41, 5.74) is 5.00. The van der Waals surface area contributed by atoms with Gasteiger partial charge >= 0.3 is 0 Å². The van der Waals surface area contributed by atoms with Crippen LogP contribution in [-0.4, -0.2) is 24.4 Å². The summed E-state index contributed by atoms with van der Waals surface area (Å²) in [6, 6.07) is 15.1. The molecule has 4 nitrogen and oxygen atoms in total. The molecule has 1 aliphatic rings. The normalized spacial score (nSPS) is 15.7. The van der Waals surface area contributed by atoms with Crippen LogP contribution < -0.4 is 10.2 Å². The minimum absolute atomic E-state index is 0.0326. The number of rotatable bonds is 3. The van der Waals surface area contributed by atoms with E-state index in [1.165, 1.54) is 0 Å². The summed E-state index contributed by atoms with van der Waals surface area (Å²) in [5.74, 6) is 1.28. The van der Waals surface area contributed by atoms with Gasteiger partial charge in [-0.2, -0.15) is 5.10 Å². The Morgan fingerprint density at radius 3 is 2.76 bits per heavy atom. The highest BCUT2D eigenvalue weighted by Gasteiger charge is 2.24. The molecule has 0 atom stereocenters. The second-order valence-electron chi connectivity index (χ2n) is 4.52. The lowest BCUT2D eigenvalue weighted by Crippen LogP contribution is -2.23. The number of ketones is 1. The molecule has 106 valence electrons. The minimum Gasteiger partial charge on any atom is -0.497 e. The number of methoxy groups -OCH3 is 1. The van der Waals surface area contributed by atoms with E-state index in [2.05, 4.69) is 10.5 Å². The molecule has 21 heavy (non-hydrogen) atoms. The SMILES string of the molecule is COc1ccc2c(c1)SC/C(=N/Nc1ccccc1)C2=O. The van der Waals surface area contributed by atoms with Gasteiger partial charge in [0.15, 0.2) is 0 Å². The second kappa shape index (κ2) is 6.01. The molecule has 0 aromatic heterocycles. The quantitative estimate of drug-likeness (QED) is 0.882. The Kier molecular flexibility index (Phi) is 3.92. The smallest absolute Gasteiger partial charge is 0.210 e. The van der Waals surface area contributed by atoms with Crippen LogP contribution in [0.1, 0.15) is 10.4 Å². The summed E-state index contributed by atoms with van der Waals surface area (Å²) in [6.45, 7) is 0. The Bertz CT molecular complexity index is 699. The molecular formula is C16H14N2O2S. The lowest BCUT2D eigenvalue weighted by molar-refractivity contribution is 0.106. The summed E-state index contributed by atoms with van der Waals surface area (Å²) < 4.78 is 5.18. The number of para-hydroxylation sites is 1. The monoisotopic (exact) mass is 298 g/mol. The number of thioether (sulfide) groups is 1. The Morgan fingerprint density at radius 1 is 1.19 bits per heavy atom. The van der Waals surface area contributed by atoms with Crippen LogP contribution in [0.4, 0.5) is 5.69 Å². The molecule has 2 aromatic carbocycles. The number of benzene rings is 2. The van der Waals surface area contributed by atoms with Crippen molar-refractivity contribution in [1.29, 1.82) is 0 Å². The molecule has 1 heterocycles. The number of hydrogen-bond donors (Lipinski definition) is 1. The third kappa shape index (κ3) is 2.92. The van der Waals surface area contributed by atoms with E-state index in [1.807, 2.05) is 36.4 Å². The molecule has 0 saturated heterocycles. The molecule has 1 aliphatic heterocycles. The molecule has 1 N–H and O–H groups in total. The van der Waals surface area contributed by atoms with Gasteiger partial charge < -0.3 is 4.74 Å². The predicted octanol–water partition coefficient (Wildman–Crippen LogP) is 3.45. The van der Waals surface area contributed by atoms with Crippen LogP contribution in [0.25, 0.3) is 0 Å². The van der Waals surface area contributed by atoms with E-state index in [0.29, 0.717) is 17.0 Å². The fraction of sp³-hybridized carbons (Fsp3) is 0.125. The lowest BCUT2D eigenvalue weighted by atomic mass is 10.1. The number of Topliss-reactive ketones (excluding diaryl/α,β-unsaturated/α-hetero) is 1. The van der Waals surface area contributed by atoms with Crippen LogP contribution in [0.2, 0.25) is 0 Å². The first kappa shape index (κ1) is 13.7. The van der Waals surface area contributed by atoms with Crippen molar-refractivity contribution < 1.29 is 9.53 Å². The standard InChI is InChI=1S/C16H14N2O2S/c1-20-12-7-8-13-15(9-12)21-10-14(16(13)19)18-17-11-5-3-2-4-6-11/h2-9,17H,10H2,1H3/b18-14-. The van der Waals surface area contributed by atoms with E-state index < -0.39 is 0 Å². The second-order valence-corrected chi connectivity index (χ2v) is 5.53. The molecule has 0 aliphatic carbocycles. The zero-order chi connectivity index (χ0) is 14.7. The van der Waals surface area contributed by atoms with Crippen molar-refractivity contribution >= 4 is 28.9 Å². The van der Waals surface area contributed by atoms with E-state index in [-0.39, 0.29) is 5.78 Å². The molecule has 0 saturated carbocycles. The summed E-state index contributed by atoms with van der Waals surface area (Å²) in [7, 11) is 1.62. The topological polar surface area (TPSA) is 50.7 Å². The summed E-state index contributed by atoms with van der Waals surface area (Å²) in [5, 5.41) is 4.24. The van der Waals surface area contributed by atoms with E-state index in [0.717, 1.165) is 16.3 Å². The van der Waals surface area contributed by atoms with Crippen LogP contribution in [0.3, 0.4) is 0 Å². The molecule has 0 bridgehead atoms.